The molecular weight excluding hydrogens is 570 g/mol. The Morgan fingerprint density at radius 1 is 1.09 bits per heavy atom. The van der Waals surface area contributed by atoms with Crippen LogP contribution in [0.3, 0.4) is 0 Å². The summed E-state index contributed by atoms with van der Waals surface area (Å²) in [5.41, 5.74) is 2.07. The Hall–Kier alpha value is -3.21. The van der Waals surface area contributed by atoms with Crippen molar-refractivity contribution in [2.45, 2.75) is 103 Å². The summed E-state index contributed by atoms with van der Waals surface area (Å²) >= 11 is 0. The van der Waals surface area contributed by atoms with Crippen LogP contribution in [0.1, 0.15) is 88.1 Å². The molecule has 248 valence electrons. The van der Waals surface area contributed by atoms with Crippen LogP contribution in [0.15, 0.2) is 42.7 Å². The summed E-state index contributed by atoms with van der Waals surface area (Å²) in [5.74, 6) is 0.218. The van der Waals surface area contributed by atoms with Gasteiger partial charge in [0.05, 0.1) is 30.4 Å². The summed E-state index contributed by atoms with van der Waals surface area (Å²) in [7, 11) is 2.08. The molecule has 45 heavy (non-hydrogen) atoms. The van der Waals surface area contributed by atoms with E-state index in [0.29, 0.717) is 36.7 Å². The topological polar surface area (TPSA) is 116 Å². The van der Waals surface area contributed by atoms with Gasteiger partial charge in [-0.05, 0) is 88.9 Å². The number of rotatable bonds is 8. The molecule has 4 atom stereocenters. The molecule has 0 bridgehead atoms. The van der Waals surface area contributed by atoms with Crippen LogP contribution in [-0.4, -0.2) is 89.5 Å². The molecule has 2 heterocycles. The number of fused-ring (bicyclic) bond motifs is 1. The Bertz CT molecular complexity index is 1210. The monoisotopic (exact) mass is 623 g/mol. The Morgan fingerprint density at radius 2 is 1.82 bits per heavy atom. The highest BCUT2D eigenvalue weighted by molar-refractivity contribution is 5.99. The van der Waals surface area contributed by atoms with Gasteiger partial charge in [-0.15, -0.1) is 0 Å². The quantitative estimate of drug-likeness (QED) is 0.358. The highest BCUT2D eigenvalue weighted by Gasteiger charge is 2.30. The van der Waals surface area contributed by atoms with Gasteiger partial charge in [-0.3, -0.25) is 14.7 Å². The smallest absolute Gasteiger partial charge is 0.319 e. The maximum absolute atomic E-state index is 14.3. The van der Waals surface area contributed by atoms with E-state index in [-0.39, 0.29) is 42.7 Å². The molecule has 0 radical (unpaired) electrons. The SMILES string of the molecule is C[C@@H]1CCCCO[C@@H](CN(C)Cc2ccncc2)[C@H](C)CN([C@@H](C)CO)C(=O)c2cc(NC(=O)NC3CCCCC3)ccc2O1. The van der Waals surface area contributed by atoms with Gasteiger partial charge in [0.1, 0.15) is 5.75 Å². The van der Waals surface area contributed by atoms with Gasteiger partial charge in [0.25, 0.3) is 5.91 Å². The average Bonchev–Trinajstić information content (AvgIpc) is 3.03. The van der Waals surface area contributed by atoms with E-state index in [9.17, 15) is 14.7 Å². The van der Waals surface area contributed by atoms with Crippen molar-refractivity contribution in [2.24, 2.45) is 5.92 Å². The molecule has 2 aromatic rings. The van der Waals surface area contributed by atoms with Crippen molar-refractivity contribution in [2.75, 3.05) is 38.7 Å². The number of aliphatic hydroxyl groups excluding tert-OH is 1. The lowest BCUT2D eigenvalue weighted by Gasteiger charge is -2.36. The molecule has 0 unspecified atom stereocenters. The highest BCUT2D eigenvalue weighted by Crippen LogP contribution is 2.29. The molecule has 1 fully saturated rings. The van der Waals surface area contributed by atoms with E-state index >= 15 is 0 Å². The van der Waals surface area contributed by atoms with E-state index < -0.39 is 6.04 Å². The van der Waals surface area contributed by atoms with Gasteiger partial charge in [-0.1, -0.05) is 26.2 Å². The molecular formula is C35H53N5O5. The first-order valence-corrected chi connectivity index (χ1v) is 16.7. The molecule has 1 aromatic heterocycles. The van der Waals surface area contributed by atoms with Crippen LogP contribution in [0.5, 0.6) is 5.75 Å². The van der Waals surface area contributed by atoms with Crippen LogP contribution >= 0.6 is 0 Å². The summed E-state index contributed by atoms with van der Waals surface area (Å²) in [6.07, 6.45) is 11.5. The van der Waals surface area contributed by atoms with E-state index in [0.717, 1.165) is 51.5 Å². The lowest BCUT2D eigenvalue weighted by atomic mass is 9.96. The van der Waals surface area contributed by atoms with Crippen LogP contribution in [0.25, 0.3) is 0 Å². The molecule has 0 saturated heterocycles. The van der Waals surface area contributed by atoms with E-state index in [1.165, 1.54) is 12.0 Å². The second-order valence-corrected chi connectivity index (χ2v) is 13.0. The Balaban J connectivity index is 1.56. The van der Waals surface area contributed by atoms with Gasteiger partial charge >= 0.3 is 6.03 Å². The summed E-state index contributed by atoms with van der Waals surface area (Å²) in [6, 6.07) is 8.76. The minimum Gasteiger partial charge on any atom is -0.490 e. The molecule has 3 amide bonds. The molecule has 0 spiro atoms. The van der Waals surface area contributed by atoms with Crippen LogP contribution in [0.4, 0.5) is 10.5 Å². The largest absolute Gasteiger partial charge is 0.490 e. The maximum Gasteiger partial charge on any atom is 0.319 e. The number of anilines is 1. The number of amides is 3. The first-order valence-electron chi connectivity index (χ1n) is 16.7. The number of carbonyl (C=O) groups is 2. The van der Waals surface area contributed by atoms with E-state index in [1.807, 2.05) is 26.0 Å². The van der Waals surface area contributed by atoms with Crippen LogP contribution < -0.4 is 15.4 Å². The summed E-state index contributed by atoms with van der Waals surface area (Å²) in [5, 5.41) is 16.2. The van der Waals surface area contributed by atoms with Crippen LogP contribution in [0.2, 0.25) is 0 Å². The summed E-state index contributed by atoms with van der Waals surface area (Å²) in [6.45, 7) is 8.26. The van der Waals surface area contributed by atoms with Gasteiger partial charge in [0, 0.05) is 56.3 Å². The Labute approximate surface area is 268 Å². The second-order valence-electron chi connectivity index (χ2n) is 13.0. The Morgan fingerprint density at radius 3 is 2.56 bits per heavy atom. The third-order valence-electron chi connectivity index (χ3n) is 8.94. The summed E-state index contributed by atoms with van der Waals surface area (Å²) < 4.78 is 12.8. The highest BCUT2D eigenvalue weighted by atomic mass is 16.5. The van der Waals surface area contributed by atoms with E-state index in [4.69, 9.17) is 9.47 Å². The molecule has 10 nitrogen and oxygen atoms in total. The third kappa shape index (κ3) is 10.7. The van der Waals surface area contributed by atoms with Crippen molar-refractivity contribution in [3.63, 3.8) is 0 Å². The zero-order chi connectivity index (χ0) is 32.2. The first kappa shape index (κ1) is 34.7. The van der Waals surface area contributed by atoms with Crippen molar-refractivity contribution in [1.29, 1.82) is 0 Å². The number of hydrogen-bond acceptors (Lipinski definition) is 7. The number of benzene rings is 1. The molecule has 1 aliphatic carbocycles. The van der Waals surface area contributed by atoms with Crippen molar-refractivity contribution in [1.82, 2.24) is 20.1 Å². The van der Waals surface area contributed by atoms with Crippen LogP contribution in [0, 0.1) is 5.92 Å². The first-order chi connectivity index (χ1) is 21.7. The predicted octanol–water partition coefficient (Wildman–Crippen LogP) is 5.46. The molecule has 4 rings (SSSR count). The number of aliphatic hydroxyl groups is 1. The lowest BCUT2D eigenvalue weighted by Crippen LogP contribution is -2.47. The zero-order valence-electron chi connectivity index (χ0n) is 27.5. The van der Waals surface area contributed by atoms with Crippen molar-refractivity contribution < 1.29 is 24.2 Å². The number of urea groups is 1. The number of hydrogen-bond donors (Lipinski definition) is 3. The Kier molecular flexibility index (Phi) is 13.5. The molecule has 10 heteroatoms. The van der Waals surface area contributed by atoms with E-state index in [2.05, 4.69) is 34.5 Å². The van der Waals surface area contributed by atoms with Crippen molar-refractivity contribution in [3.05, 3.63) is 53.9 Å². The van der Waals surface area contributed by atoms with Gasteiger partial charge < -0.3 is 30.1 Å². The minimum atomic E-state index is -0.431. The fourth-order valence-corrected chi connectivity index (χ4v) is 6.23. The standard InChI is InChI=1S/C35H53N5O5/c1-25-21-40(26(2)24-41)34(42)31-20-30(38-35(43)37-29-11-6-5-7-12-29)13-14-32(31)45-27(3)10-8-9-19-44-33(25)23-39(4)22-28-15-17-36-18-16-28/h13-18,20,25-27,29,33,41H,5-12,19,21-24H2,1-4H3,(H2,37,38,43)/t25-,26+,27-,33+/m1/s1. The van der Waals surface area contributed by atoms with Gasteiger partial charge in [0.2, 0.25) is 0 Å². The number of aromatic nitrogens is 1. The molecule has 1 aromatic carbocycles. The third-order valence-corrected chi connectivity index (χ3v) is 8.94. The normalized spacial score (nSPS) is 23.0. The molecule has 2 aliphatic rings. The average molecular weight is 624 g/mol. The van der Waals surface area contributed by atoms with Gasteiger partial charge in [-0.25, -0.2) is 4.79 Å². The molecule has 3 N–H and O–H groups in total. The predicted molar refractivity (Wildman–Crippen MR) is 176 cm³/mol. The number of pyridine rings is 1. The fraction of sp³-hybridized carbons (Fsp3) is 0.629. The minimum absolute atomic E-state index is 0.0170. The number of ether oxygens (including phenoxy) is 2. The van der Waals surface area contributed by atoms with Gasteiger partial charge in [-0.2, -0.15) is 0 Å². The number of likely N-dealkylation sites (N-methyl/N-ethyl adjacent to an activating group) is 1. The number of nitrogens with zero attached hydrogens (tertiary/aromatic N) is 3. The molecule has 1 saturated carbocycles. The zero-order valence-corrected chi connectivity index (χ0v) is 27.5. The van der Waals surface area contributed by atoms with Gasteiger partial charge in [0.15, 0.2) is 0 Å². The number of nitrogens with one attached hydrogen (secondary N) is 2. The lowest BCUT2D eigenvalue weighted by molar-refractivity contribution is -0.0177. The maximum atomic E-state index is 14.3. The second kappa shape index (κ2) is 17.5. The van der Waals surface area contributed by atoms with E-state index in [1.54, 1.807) is 35.5 Å². The fourth-order valence-electron chi connectivity index (χ4n) is 6.23. The summed E-state index contributed by atoms with van der Waals surface area (Å²) in [4.78, 5) is 35.3. The number of carbonyl (C=O) groups excluding carboxylic acids is 2. The molecule has 1 aliphatic heterocycles. The van der Waals surface area contributed by atoms with Crippen LogP contribution in [-0.2, 0) is 11.3 Å². The van der Waals surface area contributed by atoms with Crippen molar-refractivity contribution >= 4 is 17.6 Å². The van der Waals surface area contributed by atoms with Crippen molar-refractivity contribution in [3.8, 4) is 5.75 Å².